The van der Waals surface area contributed by atoms with Crippen molar-refractivity contribution in [2.75, 3.05) is 19.0 Å². The Morgan fingerprint density at radius 2 is 2.06 bits per heavy atom. The molecule has 0 unspecified atom stereocenters. The van der Waals surface area contributed by atoms with Crippen LogP contribution in [0.25, 0.3) is 0 Å². The first-order valence-electron chi connectivity index (χ1n) is 9.63. The molecule has 1 aliphatic heterocycles. The highest BCUT2D eigenvalue weighted by atomic mass is 19.2. The molecule has 0 spiro atoms. The smallest absolute Gasteiger partial charge is 0.337 e. The van der Waals surface area contributed by atoms with Crippen molar-refractivity contribution in [1.82, 2.24) is 14.9 Å². The number of nitrogens with zero attached hydrogens (tertiary/aromatic N) is 2. The Morgan fingerprint density at radius 1 is 1.26 bits per heavy atom. The molecule has 2 aromatic carbocycles. The van der Waals surface area contributed by atoms with Crippen molar-refractivity contribution in [3.05, 3.63) is 82.4 Å². The van der Waals surface area contributed by atoms with E-state index in [-0.39, 0.29) is 17.7 Å². The molecule has 2 amide bonds. The molecule has 2 heterocycles. The molecule has 4 rings (SSSR count). The number of aromatic nitrogens is 2. The summed E-state index contributed by atoms with van der Waals surface area (Å²) in [6.07, 6.45) is 1.96. The quantitative estimate of drug-likeness (QED) is 0.621. The monoisotopic (exact) mass is 426 g/mol. The number of rotatable bonds is 3. The summed E-state index contributed by atoms with van der Waals surface area (Å²) in [4.78, 5) is 33.7. The van der Waals surface area contributed by atoms with E-state index in [0.29, 0.717) is 17.8 Å². The van der Waals surface area contributed by atoms with Gasteiger partial charge in [-0.05, 0) is 30.7 Å². The van der Waals surface area contributed by atoms with Crippen molar-refractivity contribution >= 4 is 17.7 Å². The molecule has 1 aromatic heterocycles. The maximum absolute atomic E-state index is 14.7. The Bertz CT molecular complexity index is 1160. The predicted octanol–water partition coefficient (Wildman–Crippen LogP) is 3.96. The third-order valence-corrected chi connectivity index (χ3v) is 5.36. The molecule has 1 atom stereocenters. The van der Waals surface area contributed by atoms with Gasteiger partial charge in [0.1, 0.15) is 6.04 Å². The van der Waals surface area contributed by atoms with Crippen molar-refractivity contribution < 1.29 is 23.1 Å². The van der Waals surface area contributed by atoms with E-state index in [9.17, 15) is 18.4 Å². The fourth-order valence-electron chi connectivity index (χ4n) is 3.73. The van der Waals surface area contributed by atoms with Crippen LogP contribution in [0.3, 0.4) is 0 Å². The van der Waals surface area contributed by atoms with Crippen LogP contribution in [0.2, 0.25) is 0 Å². The van der Waals surface area contributed by atoms with Gasteiger partial charge in [0.2, 0.25) is 0 Å². The summed E-state index contributed by atoms with van der Waals surface area (Å²) in [5.74, 6) is -2.55. The van der Waals surface area contributed by atoms with E-state index in [1.807, 2.05) is 0 Å². The Kier molecular flexibility index (Phi) is 5.41. The first-order valence-corrected chi connectivity index (χ1v) is 9.63. The molecule has 3 aromatic rings. The number of nitrogens with one attached hydrogen (secondary N) is 2. The standard InChI is InChI=1S/C22H20F2N4O3/c1-12-6-7-13(21(29)31-2)10-17(12)27-22(30)28-9-8-16-19(26-11-25-16)20(28)14-4-3-5-15(23)18(14)24/h3-7,10-11,20H,8-9H2,1-2H3,(H,25,26)(H,27,30)/t20-/m1/s1. The van der Waals surface area contributed by atoms with Gasteiger partial charge in [0.15, 0.2) is 11.6 Å². The topological polar surface area (TPSA) is 87.3 Å². The van der Waals surface area contributed by atoms with Gasteiger partial charge in [-0.25, -0.2) is 23.4 Å². The molecule has 0 aliphatic carbocycles. The second kappa shape index (κ2) is 8.17. The minimum atomic E-state index is -1.02. The van der Waals surface area contributed by atoms with E-state index in [4.69, 9.17) is 4.74 Å². The maximum atomic E-state index is 14.7. The van der Waals surface area contributed by atoms with Crippen LogP contribution in [-0.4, -0.2) is 40.5 Å². The van der Waals surface area contributed by atoms with Gasteiger partial charge < -0.3 is 19.9 Å². The molecule has 0 radical (unpaired) electrons. The molecule has 31 heavy (non-hydrogen) atoms. The molecule has 7 nitrogen and oxygen atoms in total. The minimum absolute atomic E-state index is 0.0169. The zero-order chi connectivity index (χ0) is 22.1. The van der Waals surface area contributed by atoms with Crippen LogP contribution in [0.15, 0.2) is 42.7 Å². The number of imidazole rings is 1. The molecular weight excluding hydrogens is 406 g/mol. The first-order chi connectivity index (χ1) is 14.9. The van der Waals surface area contributed by atoms with Crippen LogP contribution < -0.4 is 5.32 Å². The lowest BCUT2D eigenvalue weighted by molar-refractivity contribution is 0.0600. The lowest BCUT2D eigenvalue weighted by Crippen LogP contribution is -2.43. The van der Waals surface area contributed by atoms with Gasteiger partial charge in [0.25, 0.3) is 0 Å². The number of ether oxygens (including phenoxy) is 1. The molecule has 0 fully saturated rings. The Balaban J connectivity index is 1.70. The average molecular weight is 426 g/mol. The van der Waals surface area contributed by atoms with Crippen molar-refractivity contribution in [2.24, 2.45) is 0 Å². The molecule has 9 heteroatoms. The van der Waals surface area contributed by atoms with Gasteiger partial charge in [-0.1, -0.05) is 18.2 Å². The van der Waals surface area contributed by atoms with Crippen LogP contribution in [0.1, 0.15) is 38.9 Å². The lowest BCUT2D eigenvalue weighted by atomic mass is 9.95. The van der Waals surface area contributed by atoms with Crippen molar-refractivity contribution in [1.29, 1.82) is 0 Å². The number of fused-ring (bicyclic) bond motifs is 1. The third kappa shape index (κ3) is 3.74. The normalized spacial score (nSPS) is 15.4. The van der Waals surface area contributed by atoms with Crippen LogP contribution in [0.4, 0.5) is 19.3 Å². The molecule has 2 N–H and O–H groups in total. The fourth-order valence-corrected chi connectivity index (χ4v) is 3.73. The summed E-state index contributed by atoms with van der Waals surface area (Å²) < 4.78 is 33.4. The van der Waals surface area contributed by atoms with Gasteiger partial charge >= 0.3 is 12.0 Å². The minimum Gasteiger partial charge on any atom is -0.465 e. The average Bonchev–Trinajstić information content (AvgIpc) is 3.25. The highest BCUT2D eigenvalue weighted by Crippen LogP contribution is 2.35. The SMILES string of the molecule is COC(=O)c1ccc(C)c(NC(=O)N2CCc3[nH]cnc3[C@H]2c2cccc(F)c2F)c1. The molecule has 160 valence electrons. The van der Waals surface area contributed by atoms with E-state index in [0.717, 1.165) is 17.3 Å². The number of urea groups is 1. The highest BCUT2D eigenvalue weighted by molar-refractivity contribution is 5.95. The number of benzene rings is 2. The van der Waals surface area contributed by atoms with Gasteiger partial charge in [0, 0.05) is 29.9 Å². The van der Waals surface area contributed by atoms with Crippen LogP contribution >= 0.6 is 0 Å². The molecular formula is C22H20F2N4O3. The lowest BCUT2D eigenvalue weighted by Gasteiger charge is -2.35. The molecule has 0 bridgehead atoms. The summed E-state index contributed by atoms with van der Waals surface area (Å²) in [5, 5.41) is 2.78. The fraction of sp³-hybridized carbons (Fsp3) is 0.227. The second-order valence-corrected chi connectivity index (χ2v) is 7.21. The van der Waals surface area contributed by atoms with Crippen LogP contribution in [0.5, 0.6) is 0 Å². The summed E-state index contributed by atoms with van der Waals surface area (Å²) in [5.41, 5.74) is 2.67. The van der Waals surface area contributed by atoms with Gasteiger partial charge in [-0.15, -0.1) is 0 Å². The van der Waals surface area contributed by atoms with E-state index in [2.05, 4.69) is 15.3 Å². The Hall–Kier alpha value is -3.75. The van der Waals surface area contributed by atoms with Gasteiger partial charge in [0.05, 0.1) is 24.7 Å². The number of aromatic amines is 1. The van der Waals surface area contributed by atoms with E-state index in [1.54, 1.807) is 19.1 Å². The van der Waals surface area contributed by atoms with Crippen molar-refractivity contribution in [3.8, 4) is 0 Å². The van der Waals surface area contributed by atoms with E-state index >= 15 is 0 Å². The number of anilines is 1. The number of hydrogen-bond donors (Lipinski definition) is 2. The van der Waals surface area contributed by atoms with E-state index in [1.165, 1.54) is 36.5 Å². The van der Waals surface area contributed by atoms with E-state index < -0.39 is 29.7 Å². The summed E-state index contributed by atoms with van der Waals surface area (Å²) in [6.45, 7) is 2.04. The van der Waals surface area contributed by atoms with Gasteiger partial charge in [-0.2, -0.15) is 0 Å². The number of hydrogen-bond acceptors (Lipinski definition) is 4. The third-order valence-electron chi connectivity index (χ3n) is 5.36. The first kappa shape index (κ1) is 20.5. The number of aryl methyl sites for hydroxylation is 1. The number of halogens is 2. The number of carbonyl (C=O) groups is 2. The number of carbonyl (C=O) groups excluding carboxylic acids is 2. The predicted molar refractivity (Wildman–Crippen MR) is 109 cm³/mol. The Labute approximate surface area is 177 Å². The largest absolute Gasteiger partial charge is 0.465 e. The van der Waals surface area contributed by atoms with Crippen molar-refractivity contribution in [2.45, 2.75) is 19.4 Å². The zero-order valence-corrected chi connectivity index (χ0v) is 16.9. The number of amides is 2. The highest BCUT2D eigenvalue weighted by Gasteiger charge is 2.36. The molecule has 0 saturated heterocycles. The van der Waals surface area contributed by atoms with Crippen molar-refractivity contribution in [3.63, 3.8) is 0 Å². The number of methoxy groups -OCH3 is 1. The number of esters is 1. The van der Waals surface area contributed by atoms with Crippen LogP contribution in [0, 0.1) is 18.6 Å². The summed E-state index contributed by atoms with van der Waals surface area (Å²) in [7, 11) is 1.27. The second-order valence-electron chi connectivity index (χ2n) is 7.21. The zero-order valence-electron chi connectivity index (χ0n) is 16.9. The number of H-pyrrole nitrogens is 1. The molecule has 0 saturated carbocycles. The summed E-state index contributed by atoms with van der Waals surface area (Å²) in [6, 6.07) is 7.24. The maximum Gasteiger partial charge on any atom is 0.337 e. The molecule has 1 aliphatic rings. The Morgan fingerprint density at radius 3 is 2.84 bits per heavy atom. The summed E-state index contributed by atoms with van der Waals surface area (Å²) >= 11 is 0. The van der Waals surface area contributed by atoms with Crippen LogP contribution in [-0.2, 0) is 11.2 Å². The van der Waals surface area contributed by atoms with Gasteiger partial charge in [-0.3, -0.25) is 0 Å².